The molecule has 17 heavy (non-hydrogen) atoms. The van der Waals surface area contributed by atoms with Crippen LogP contribution in [-0.2, 0) is 0 Å². The number of H-pyrrole nitrogens is 1. The van der Waals surface area contributed by atoms with Crippen molar-refractivity contribution in [2.75, 3.05) is 13.1 Å². The fourth-order valence-corrected chi connectivity index (χ4v) is 2.94. The Balaban J connectivity index is 2.01. The van der Waals surface area contributed by atoms with Gasteiger partial charge in [-0.1, -0.05) is 0 Å². The van der Waals surface area contributed by atoms with Gasteiger partial charge in [-0.3, -0.25) is 4.79 Å². The van der Waals surface area contributed by atoms with Gasteiger partial charge in [0.05, 0.1) is 6.20 Å². The maximum Gasteiger partial charge on any atom is 0.269 e. The van der Waals surface area contributed by atoms with Gasteiger partial charge < -0.3 is 10.6 Å². The molecule has 5 nitrogen and oxygen atoms in total. The molecule has 0 spiro atoms. The summed E-state index contributed by atoms with van der Waals surface area (Å²) < 4.78 is 0. The van der Waals surface area contributed by atoms with E-state index in [1.165, 1.54) is 6.42 Å². The third-order valence-corrected chi connectivity index (χ3v) is 3.77. The lowest BCUT2D eigenvalue weighted by molar-refractivity contribution is 0.582. The normalized spacial score (nSPS) is 28.7. The summed E-state index contributed by atoms with van der Waals surface area (Å²) in [6.07, 6.45) is 6.29. The summed E-state index contributed by atoms with van der Waals surface area (Å²) in [6, 6.07) is 0.515. The van der Waals surface area contributed by atoms with Crippen LogP contribution in [-0.4, -0.2) is 23.3 Å². The van der Waals surface area contributed by atoms with Crippen molar-refractivity contribution in [1.29, 1.82) is 0 Å². The van der Waals surface area contributed by atoms with Gasteiger partial charge in [-0.25, -0.2) is 5.10 Å². The summed E-state index contributed by atoms with van der Waals surface area (Å²) in [5.41, 5.74) is 1.96. The van der Waals surface area contributed by atoms with Crippen LogP contribution in [0.15, 0.2) is 11.0 Å². The molecular weight excluding hydrogens is 216 g/mol. The molecule has 1 aromatic rings. The molecule has 3 N–H and O–H groups in total. The van der Waals surface area contributed by atoms with Gasteiger partial charge in [0.1, 0.15) is 0 Å². The molecule has 0 bridgehead atoms. The SMILES string of the molecule is O=c1[nH]ncc(C2CCCN2)c1C1CCCN1. The first-order valence-electron chi connectivity index (χ1n) is 6.40. The third kappa shape index (κ3) is 2.00. The van der Waals surface area contributed by atoms with E-state index in [1.807, 2.05) is 6.20 Å². The molecule has 1 aromatic heterocycles. The molecular formula is C12H18N4O. The highest BCUT2D eigenvalue weighted by Gasteiger charge is 2.27. The Morgan fingerprint density at radius 3 is 2.47 bits per heavy atom. The number of aromatic amines is 1. The van der Waals surface area contributed by atoms with Crippen molar-refractivity contribution in [2.24, 2.45) is 0 Å². The Morgan fingerprint density at radius 1 is 1.12 bits per heavy atom. The minimum atomic E-state index is -0.0319. The van der Waals surface area contributed by atoms with Crippen molar-refractivity contribution in [3.8, 4) is 0 Å². The number of aromatic nitrogens is 2. The van der Waals surface area contributed by atoms with E-state index in [1.54, 1.807) is 0 Å². The van der Waals surface area contributed by atoms with Crippen LogP contribution >= 0.6 is 0 Å². The quantitative estimate of drug-likeness (QED) is 0.701. The van der Waals surface area contributed by atoms with Crippen LogP contribution in [0, 0.1) is 0 Å². The smallest absolute Gasteiger partial charge is 0.269 e. The Bertz CT molecular complexity index is 444. The summed E-state index contributed by atoms with van der Waals surface area (Å²) in [6.45, 7) is 2.04. The van der Waals surface area contributed by atoms with Crippen LogP contribution in [0.2, 0.25) is 0 Å². The van der Waals surface area contributed by atoms with Crippen LogP contribution in [0.4, 0.5) is 0 Å². The summed E-state index contributed by atoms with van der Waals surface area (Å²) >= 11 is 0. The van der Waals surface area contributed by atoms with Gasteiger partial charge >= 0.3 is 0 Å². The lowest BCUT2D eigenvalue weighted by Crippen LogP contribution is -2.28. The van der Waals surface area contributed by atoms with Crippen molar-refractivity contribution in [3.05, 3.63) is 27.7 Å². The van der Waals surface area contributed by atoms with E-state index in [9.17, 15) is 4.79 Å². The van der Waals surface area contributed by atoms with E-state index in [2.05, 4.69) is 20.8 Å². The highest BCUT2D eigenvalue weighted by molar-refractivity contribution is 5.29. The maximum atomic E-state index is 12.0. The first-order valence-corrected chi connectivity index (χ1v) is 6.40. The van der Waals surface area contributed by atoms with Gasteiger partial charge in [-0.15, -0.1) is 0 Å². The highest BCUT2D eigenvalue weighted by atomic mass is 16.1. The topological polar surface area (TPSA) is 69.8 Å². The largest absolute Gasteiger partial charge is 0.310 e. The molecule has 0 aliphatic carbocycles. The first-order chi connectivity index (χ1) is 8.36. The molecule has 92 valence electrons. The second-order valence-electron chi connectivity index (χ2n) is 4.87. The van der Waals surface area contributed by atoms with Crippen LogP contribution in [0.5, 0.6) is 0 Å². The Labute approximate surface area is 100 Å². The molecule has 2 aliphatic heterocycles. The third-order valence-electron chi connectivity index (χ3n) is 3.77. The lowest BCUT2D eigenvalue weighted by atomic mass is 9.96. The monoisotopic (exact) mass is 234 g/mol. The molecule has 5 heteroatoms. The first kappa shape index (κ1) is 10.9. The van der Waals surface area contributed by atoms with E-state index in [0.29, 0.717) is 6.04 Å². The predicted octanol–water partition coefficient (Wildman–Crippen LogP) is 0.619. The second-order valence-corrected chi connectivity index (χ2v) is 4.87. The minimum Gasteiger partial charge on any atom is -0.310 e. The van der Waals surface area contributed by atoms with Crippen LogP contribution < -0.4 is 16.2 Å². The van der Waals surface area contributed by atoms with Crippen molar-refractivity contribution in [3.63, 3.8) is 0 Å². The molecule has 0 saturated carbocycles. The zero-order valence-corrected chi connectivity index (χ0v) is 9.83. The van der Waals surface area contributed by atoms with Gasteiger partial charge in [0.15, 0.2) is 0 Å². The van der Waals surface area contributed by atoms with Gasteiger partial charge in [-0.2, -0.15) is 5.10 Å². The van der Waals surface area contributed by atoms with Crippen molar-refractivity contribution in [2.45, 2.75) is 37.8 Å². The van der Waals surface area contributed by atoms with Crippen LogP contribution in [0.25, 0.3) is 0 Å². The Hall–Kier alpha value is -1.20. The number of nitrogens with one attached hydrogen (secondary N) is 3. The molecule has 2 aliphatic rings. The summed E-state index contributed by atoms with van der Waals surface area (Å²) in [7, 11) is 0. The standard InChI is InChI=1S/C12H18N4O/c17-12-11(10-4-2-6-14-10)8(7-15-16-12)9-3-1-5-13-9/h7,9-10,13-14H,1-6H2,(H,16,17). The van der Waals surface area contributed by atoms with E-state index in [-0.39, 0.29) is 11.6 Å². The zero-order valence-electron chi connectivity index (χ0n) is 9.83. The number of hydrogen-bond donors (Lipinski definition) is 3. The maximum absolute atomic E-state index is 12.0. The summed E-state index contributed by atoms with van der Waals surface area (Å²) in [5.74, 6) is 0. The molecule has 0 aromatic carbocycles. The predicted molar refractivity (Wildman–Crippen MR) is 64.8 cm³/mol. The van der Waals surface area contributed by atoms with Crippen LogP contribution in [0.1, 0.15) is 48.9 Å². The van der Waals surface area contributed by atoms with E-state index < -0.39 is 0 Å². The number of hydrogen-bond acceptors (Lipinski definition) is 4. The van der Waals surface area contributed by atoms with Gasteiger partial charge in [0, 0.05) is 17.6 Å². The molecule has 2 fully saturated rings. The molecule has 2 atom stereocenters. The fourth-order valence-electron chi connectivity index (χ4n) is 2.94. The van der Waals surface area contributed by atoms with E-state index >= 15 is 0 Å². The van der Waals surface area contributed by atoms with Crippen molar-refractivity contribution in [1.82, 2.24) is 20.8 Å². The molecule has 3 heterocycles. The summed E-state index contributed by atoms with van der Waals surface area (Å²) in [5, 5.41) is 13.4. The van der Waals surface area contributed by atoms with Gasteiger partial charge in [0.2, 0.25) is 0 Å². The number of rotatable bonds is 2. The van der Waals surface area contributed by atoms with E-state index in [0.717, 1.165) is 43.5 Å². The molecule has 0 radical (unpaired) electrons. The van der Waals surface area contributed by atoms with Gasteiger partial charge in [-0.05, 0) is 44.3 Å². The average Bonchev–Trinajstić information content (AvgIpc) is 3.02. The fraction of sp³-hybridized carbons (Fsp3) is 0.667. The average molecular weight is 234 g/mol. The van der Waals surface area contributed by atoms with Gasteiger partial charge in [0.25, 0.3) is 5.56 Å². The minimum absolute atomic E-state index is 0.0319. The van der Waals surface area contributed by atoms with E-state index in [4.69, 9.17) is 0 Å². The lowest BCUT2D eigenvalue weighted by Gasteiger charge is -2.18. The second kappa shape index (κ2) is 4.58. The molecule has 3 rings (SSSR count). The molecule has 0 amide bonds. The highest BCUT2D eigenvalue weighted by Crippen LogP contribution is 2.29. The Morgan fingerprint density at radius 2 is 1.82 bits per heavy atom. The van der Waals surface area contributed by atoms with Crippen LogP contribution in [0.3, 0.4) is 0 Å². The Kier molecular flexibility index (Phi) is 2.94. The van der Waals surface area contributed by atoms with Crippen molar-refractivity contribution >= 4 is 0 Å². The summed E-state index contributed by atoms with van der Waals surface area (Å²) in [4.78, 5) is 12.0. The number of nitrogens with zero attached hydrogens (tertiary/aromatic N) is 1. The molecule has 2 unspecified atom stereocenters. The molecule has 2 saturated heterocycles. The zero-order chi connectivity index (χ0) is 11.7. The van der Waals surface area contributed by atoms with Crippen molar-refractivity contribution < 1.29 is 0 Å².